The molecule has 6 heteroatoms. The molecule has 25 heavy (non-hydrogen) atoms. The van der Waals surface area contributed by atoms with Gasteiger partial charge in [-0.1, -0.05) is 23.8 Å². The lowest BCUT2D eigenvalue weighted by Gasteiger charge is -2.27. The minimum absolute atomic E-state index is 0.00497. The van der Waals surface area contributed by atoms with Crippen LogP contribution in [0.25, 0.3) is 0 Å². The topological polar surface area (TPSA) is 59.7 Å². The van der Waals surface area contributed by atoms with Crippen LogP contribution in [0, 0.1) is 0 Å². The summed E-state index contributed by atoms with van der Waals surface area (Å²) >= 11 is 0. The first-order chi connectivity index (χ1) is 12.2. The van der Waals surface area contributed by atoms with E-state index in [0.29, 0.717) is 31.9 Å². The van der Waals surface area contributed by atoms with Crippen molar-refractivity contribution >= 4 is 11.6 Å². The summed E-state index contributed by atoms with van der Waals surface area (Å²) in [5.41, 5.74) is 3.61. The van der Waals surface area contributed by atoms with Crippen LogP contribution < -0.4 is 4.74 Å². The Morgan fingerprint density at radius 1 is 1.20 bits per heavy atom. The predicted octanol–water partition coefficient (Wildman–Crippen LogP) is 2.32. The van der Waals surface area contributed by atoms with Crippen LogP contribution in [0.4, 0.5) is 0 Å². The first-order valence-corrected chi connectivity index (χ1v) is 8.43. The van der Waals surface area contributed by atoms with Gasteiger partial charge in [-0.3, -0.25) is 14.5 Å². The molecule has 2 aliphatic heterocycles. The van der Waals surface area contributed by atoms with E-state index in [9.17, 15) is 4.79 Å². The molecule has 3 heterocycles. The van der Waals surface area contributed by atoms with Crippen LogP contribution >= 0.6 is 0 Å². The van der Waals surface area contributed by atoms with Crippen LogP contribution in [0.5, 0.6) is 5.75 Å². The number of benzene rings is 1. The van der Waals surface area contributed by atoms with Crippen LogP contribution in [0.3, 0.4) is 0 Å². The Bertz CT molecular complexity index is 852. The molecule has 4 rings (SSSR count). The van der Waals surface area contributed by atoms with Crippen molar-refractivity contribution in [3.63, 3.8) is 0 Å². The molecule has 0 radical (unpaired) electrons. The summed E-state index contributed by atoms with van der Waals surface area (Å²) in [6.45, 7) is 5.07. The summed E-state index contributed by atoms with van der Waals surface area (Å²) in [5.74, 6) is 0.799. The number of carbonyl (C=O) groups is 1. The molecular weight excluding hydrogens is 316 g/mol. The van der Waals surface area contributed by atoms with Crippen LogP contribution in [0.2, 0.25) is 0 Å². The molecule has 2 aliphatic rings. The molecule has 0 N–H and O–H groups in total. The Morgan fingerprint density at radius 3 is 2.80 bits per heavy atom. The van der Waals surface area contributed by atoms with Gasteiger partial charge in [-0.25, -0.2) is 0 Å². The zero-order chi connectivity index (χ0) is 17.2. The minimum atomic E-state index is 0.00497. The van der Waals surface area contributed by atoms with Crippen molar-refractivity contribution in [2.75, 3.05) is 19.6 Å². The van der Waals surface area contributed by atoms with Crippen molar-refractivity contribution in [3.05, 3.63) is 59.4 Å². The van der Waals surface area contributed by atoms with Gasteiger partial charge in [0.25, 0.3) is 5.91 Å². The molecule has 1 aromatic carbocycles. The maximum atomic E-state index is 12.7. The largest absolute Gasteiger partial charge is 0.487 e. The number of hydrogen-bond donors (Lipinski definition) is 0. The van der Waals surface area contributed by atoms with E-state index in [1.165, 1.54) is 5.57 Å². The van der Waals surface area contributed by atoms with Gasteiger partial charge in [0.15, 0.2) is 0 Å². The number of nitrogens with zero attached hydrogens (tertiary/aromatic N) is 4. The van der Waals surface area contributed by atoms with Crippen molar-refractivity contribution < 1.29 is 9.53 Å². The van der Waals surface area contributed by atoms with Gasteiger partial charge in [0.05, 0.1) is 25.3 Å². The second kappa shape index (κ2) is 6.55. The van der Waals surface area contributed by atoms with Gasteiger partial charge in [0.2, 0.25) is 0 Å². The van der Waals surface area contributed by atoms with Gasteiger partial charge in [-0.2, -0.15) is 5.10 Å². The first-order valence-electron chi connectivity index (χ1n) is 8.43. The number of ether oxygens (including phenoxy) is 1. The molecule has 1 amide bonds. The number of para-hydroxylation sites is 1. The number of aromatic nitrogens is 2. The van der Waals surface area contributed by atoms with E-state index in [4.69, 9.17) is 4.74 Å². The zero-order valence-corrected chi connectivity index (χ0v) is 14.2. The Labute approximate surface area is 146 Å². The maximum absolute atomic E-state index is 12.7. The van der Waals surface area contributed by atoms with Crippen molar-refractivity contribution in [2.45, 2.75) is 20.1 Å². The normalized spacial score (nSPS) is 16.5. The fraction of sp³-hybridized carbons (Fsp3) is 0.316. The van der Waals surface area contributed by atoms with Crippen LogP contribution in [0.15, 0.2) is 53.0 Å². The van der Waals surface area contributed by atoms with Crippen molar-refractivity contribution in [2.24, 2.45) is 4.99 Å². The Hall–Kier alpha value is -2.89. The minimum Gasteiger partial charge on any atom is -0.487 e. The molecule has 0 fully saturated rings. The van der Waals surface area contributed by atoms with Crippen molar-refractivity contribution in [3.8, 4) is 5.75 Å². The van der Waals surface area contributed by atoms with E-state index in [0.717, 1.165) is 23.7 Å². The lowest BCUT2D eigenvalue weighted by molar-refractivity contribution is 0.0725. The summed E-state index contributed by atoms with van der Waals surface area (Å²) in [6.07, 6.45) is 2.07. The third kappa shape index (κ3) is 3.33. The highest BCUT2D eigenvalue weighted by atomic mass is 16.5. The summed E-state index contributed by atoms with van der Waals surface area (Å²) in [4.78, 5) is 19.0. The molecule has 1 aromatic heterocycles. The number of aliphatic imine (C=N–C) groups is 1. The van der Waals surface area contributed by atoms with Crippen LogP contribution in [-0.2, 0) is 13.2 Å². The van der Waals surface area contributed by atoms with E-state index < -0.39 is 0 Å². The number of rotatable bonds is 5. The molecule has 0 unspecified atom stereocenters. The standard InChI is InChI=1S/C19H20N4O2/c1-14-9-15(20-11-14)12-22-7-8-23-18(19(22)24)10-16(21-23)13-25-17-5-3-2-4-6-17/h2-6,9-10H,7-8,11-13H2,1H3. The highest BCUT2D eigenvalue weighted by molar-refractivity contribution is 6.02. The Morgan fingerprint density at radius 2 is 2.04 bits per heavy atom. The summed E-state index contributed by atoms with van der Waals surface area (Å²) in [7, 11) is 0. The van der Waals surface area contributed by atoms with Gasteiger partial charge in [-0.05, 0) is 31.2 Å². The third-order valence-electron chi connectivity index (χ3n) is 4.35. The van der Waals surface area contributed by atoms with E-state index in [-0.39, 0.29) is 5.91 Å². The number of fused-ring (bicyclic) bond motifs is 1. The summed E-state index contributed by atoms with van der Waals surface area (Å²) in [6, 6.07) is 11.4. The second-order valence-electron chi connectivity index (χ2n) is 6.37. The fourth-order valence-electron chi connectivity index (χ4n) is 3.08. The quantitative estimate of drug-likeness (QED) is 0.842. The lowest BCUT2D eigenvalue weighted by Crippen LogP contribution is -2.42. The zero-order valence-electron chi connectivity index (χ0n) is 14.2. The number of amides is 1. The molecule has 0 bridgehead atoms. The van der Waals surface area contributed by atoms with E-state index >= 15 is 0 Å². The SMILES string of the molecule is CC1=CC(CN2CCn3nc(COc4ccccc4)cc3C2=O)=NC1. The molecule has 0 saturated heterocycles. The van der Waals surface area contributed by atoms with Gasteiger partial charge in [0.1, 0.15) is 23.7 Å². The van der Waals surface area contributed by atoms with Gasteiger partial charge >= 0.3 is 0 Å². The van der Waals surface area contributed by atoms with Crippen LogP contribution in [-0.4, -0.2) is 45.9 Å². The molecular formula is C19H20N4O2. The number of hydrogen-bond acceptors (Lipinski definition) is 4. The fourth-order valence-corrected chi connectivity index (χ4v) is 3.08. The molecule has 0 spiro atoms. The van der Waals surface area contributed by atoms with Crippen LogP contribution in [0.1, 0.15) is 23.1 Å². The average Bonchev–Trinajstić information content (AvgIpc) is 3.23. The van der Waals surface area contributed by atoms with Crippen molar-refractivity contribution in [1.82, 2.24) is 14.7 Å². The molecule has 2 aromatic rings. The second-order valence-corrected chi connectivity index (χ2v) is 6.37. The van der Waals surface area contributed by atoms with E-state index in [1.807, 2.05) is 41.3 Å². The van der Waals surface area contributed by atoms with E-state index in [2.05, 4.69) is 23.1 Å². The highest BCUT2D eigenvalue weighted by Crippen LogP contribution is 2.17. The molecule has 0 saturated carbocycles. The monoisotopic (exact) mass is 336 g/mol. The van der Waals surface area contributed by atoms with Crippen molar-refractivity contribution in [1.29, 1.82) is 0 Å². The predicted molar refractivity (Wildman–Crippen MR) is 95.0 cm³/mol. The lowest BCUT2D eigenvalue weighted by atomic mass is 10.2. The van der Waals surface area contributed by atoms with Gasteiger partial charge < -0.3 is 9.64 Å². The Balaban J connectivity index is 1.44. The summed E-state index contributed by atoms with van der Waals surface area (Å²) < 4.78 is 7.50. The molecule has 6 nitrogen and oxygen atoms in total. The summed E-state index contributed by atoms with van der Waals surface area (Å²) in [5, 5.41) is 4.50. The molecule has 128 valence electrons. The number of carbonyl (C=O) groups excluding carboxylic acids is 1. The third-order valence-corrected chi connectivity index (χ3v) is 4.35. The average molecular weight is 336 g/mol. The van der Waals surface area contributed by atoms with Gasteiger partial charge in [-0.15, -0.1) is 0 Å². The molecule has 0 aliphatic carbocycles. The van der Waals surface area contributed by atoms with E-state index in [1.54, 1.807) is 4.68 Å². The first kappa shape index (κ1) is 15.6. The highest BCUT2D eigenvalue weighted by Gasteiger charge is 2.27. The Kier molecular flexibility index (Phi) is 4.09. The maximum Gasteiger partial charge on any atom is 0.272 e. The molecule has 0 atom stereocenters. The smallest absolute Gasteiger partial charge is 0.272 e. The van der Waals surface area contributed by atoms with Gasteiger partial charge in [0, 0.05) is 6.54 Å².